The monoisotopic (exact) mass is 286 g/mol. The van der Waals surface area contributed by atoms with Gasteiger partial charge in [-0.2, -0.15) is 0 Å². The van der Waals surface area contributed by atoms with Crippen molar-refractivity contribution in [2.24, 2.45) is 0 Å². The Morgan fingerprint density at radius 1 is 0.737 bits per heavy atom. The third-order valence-electron chi connectivity index (χ3n) is 2.39. The van der Waals surface area contributed by atoms with Crippen molar-refractivity contribution < 1.29 is 29.7 Å². The van der Waals surface area contributed by atoms with E-state index in [0.717, 1.165) is 18.2 Å². The van der Waals surface area contributed by atoms with Gasteiger partial charge >= 0.3 is 17.9 Å². The smallest absolute Gasteiger partial charge is 0.314 e. The van der Waals surface area contributed by atoms with Gasteiger partial charge in [-0.3, -0.25) is 14.4 Å². The Bertz CT molecular complexity index is 355. The van der Waals surface area contributed by atoms with Crippen molar-refractivity contribution in [3.63, 3.8) is 0 Å². The SMILES string of the molecule is C=CC(C(=O)O)P(C(C=C)C(=O)O)C(C=C)C(=O)O. The lowest BCUT2D eigenvalue weighted by molar-refractivity contribution is -0.135. The Balaban J connectivity index is 5.82. The highest BCUT2D eigenvalue weighted by molar-refractivity contribution is 7.63. The van der Waals surface area contributed by atoms with E-state index in [0.29, 0.717) is 0 Å². The number of hydrogen-bond acceptors (Lipinski definition) is 3. The summed E-state index contributed by atoms with van der Waals surface area (Å²) in [6.45, 7) is 10.0. The third-order valence-corrected chi connectivity index (χ3v) is 5.61. The van der Waals surface area contributed by atoms with E-state index in [1.165, 1.54) is 0 Å². The quantitative estimate of drug-likeness (QED) is 0.436. The first-order valence-corrected chi connectivity index (χ1v) is 6.70. The van der Waals surface area contributed by atoms with Crippen molar-refractivity contribution in [2.75, 3.05) is 0 Å². The van der Waals surface area contributed by atoms with Crippen LogP contribution in [0.25, 0.3) is 0 Å². The van der Waals surface area contributed by atoms with Gasteiger partial charge in [0.15, 0.2) is 0 Å². The number of carboxylic acids is 3. The normalized spacial score (nSPS) is 16.4. The summed E-state index contributed by atoms with van der Waals surface area (Å²) in [5, 5.41) is 27.3. The number of carboxylic acid groups (broad SMARTS) is 3. The molecule has 7 heteroatoms. The van der Waals surface area contributed by atoms with E-state index in [2.05, 4.69) is 19.7 Å². The van der Waals surface area contributed by atoms with Crippen LogP contribution in [-0.2, 0) is 14.4 Å². The topological polar surface area (TPSA) is 112 Å². The van der Waals surface area contributed by atoms with E-state index in [-0.39, 0.29) is 0 Å². The molecule has 0 fully saturated rings. The molecule has 0 aliphatic carbocycles. The van der Waals surface area contributed by atoms with Gasteiger partial charge in [0.25, 0.3) is 0 Å². The van der Waals surface area contributed by atoms with E-state index in [4.69, 9.17) is 15.3 Å². The molecule has 3 atom stereocenters. The van der Waals surface area contributed by atoms with Gasteiger partial charge in [-0.1, -0.05) is 26.1 Å². The Hall–Kier alpha value is -1.94. The molecule has 0 saturated carbocycles. The summed E-state index contributed by atoms with van der Waals surface area (Å²) in [7, 11) is -2.02. The lowest BCUT2D eigenvalue weighted by Gasteiger charge is -2.29. The second-order valence-electron chi connectivity index (χ2n) is 3.50. The van der Waals surface area contributed by atoms with Gasteiger partial charge < -0.3 is 15.3 Å². The van der Waals surface area contributed by atoms with Crippen LogP contribution in [0.15, 0.2) is 38.0 Å². The van der Waals surface area contributed by atoms with Crippen molar-refractivity contribution in [2.45, 2.75) is 17.0 Å². The van der Waals surface area contributed by atoms with Crippen LogP contribution in [0.5, 0.6) is 0 Å². The molecule has 3 N–H and O–H groups in total. The zero-order chi connectivity index (χ0) is 15.2. The second-order valence-corrected chi connectivity index (χ2v) is 6.07. The van der Waals surface area contributed by atoms with Crippen LogP contribution in [0.1, 0.15) is 0 Å². The Morgan fingerprint density at radius 3 is 1.05 bits per heavy atom. The van der Waals surface area contributed by atoms with Crippen molar-refractivity contribution >= 4 is 25.8 Å². The predicted molar refractivity (Wildman–Crippen MR) is 71.8 cm³/mol. The first-order valence-electron chi connectivity index (χ1n) is 5.15. The Morgan fingerprint density at radius 2 is 0.947 bits per heavy atom. The fourth-order valence-corrected chi connectivity index (χ4v) is 4.10. The van der Waals surface area contributed by atoms with Crippen molar-refractivity contribution in [1.82, 2.24) is 0 Å². The van der Waals surface area contributed by atoms with Crippen LogP contribution in [0.2, 0.25) is 0 Å². The largest absolute Gasteiger partial charge is 0.481 e. The molecule has 6 nitrogen and oxygen atoms in total. The van der Waals surface area contributed by atoms with Crippen molar-refractivity contribution in [3.05, 3.63) is 38.0 Å². The molecule has 0 aliphatic rings. The van der Waals surface area contributed by atoms with Crippen LogP contribution in [-0.4, -0.2) is 50.2 Å². The zero-order valence-electron chi connectivity index (χ0n) is 10.1. The van der Waals surface area contributed by atoms with Gasteiger partial charge in [0.05, 0.1) is 17.0 Å². The van der Waals surface area contributed by atoms with Gasteiger partial charge in [0.2, 0.25) is 0 Å². The highest BCUT2D eigenvalue weighted by atomic mass is 31.1. The lowest BCUT2D eigenvalue weighted by atomic mass is 10.4. The highest BCUT2D eigenvalue weighted by Crippen LogP contribution is 2.52. The molecule has 19 heavy (non-hydrogen) atoms. The van der Waals surface area contributed by atoms with Crippen LogP contribution >= 0.6 is 7.92 Å². The predicted octanol–water partition coefficient (Wildman–Crippen LogP) is 1.39. The molecule has 104 valence electrons. The second kappa shape index (κ2) is 7.48. The first-order chi connectivity index (χ1) is 8.81. The number of carbonyl (C=O) groups is 3. The fraction of sp³-hybridized carbons (Fsp3) is 0.250. The Labute approximate surface area is 111 Å². The molecule has 0 saturated heterocycles. The third kappa shape index (κ3) is 4.03. The molecule has 0 bridgehead atoms. The molecule has 0 amide bonds. The van der Waals surface area contributed by atoms with Gasteiger partial charge in [-0.05, 0) is 0 Å². The molecule has 0 radical (unpaired) electrons. The first kappa shape index (κ1) is 17.1. The fourth-order valence-electron chi connectivity index (χ4n) is 1.57. The van der Waals surface area contributed by atoms with Crippen molar-refractivity contribution in [3.8, 4) is 0 Å². The summed E-state index contributed by atoms with van der Waals surface area (Å²) in [6, 6.07) is 0. The van der Waals surface area contributed by atoms with Crippen LogP contribution < -0.4 is 0 Å². The average molecular weight is 286 g/mol. The molecule has 0 aromatic carbocycles. The van der Waals surface area contributed by atoms with E-state index < -0.39 is 42.8 Å². The Kier molecular flexibility index (Phi) is 6.72. The minimum absolute atomic E-state index is 1.05. The minimum atomic E-state index is -2.02. The molecule has 3 unspecified atom stereocenters. The van der Waals surface area contributed by atoms with Crippen LogP contribution in [0.4, 0.5) is 0 Å². The molecule has 0 spiro atoms. The molecular weight excluding hydrogens is 271 g/mol. The van der Waals surface area contributed by atoms with Crippen LogP contribution in [0.3, 0.4) is 0 Å². The van der Waals surface area contributed by atoms with E-state index in [1.807, 2.05) is 0 Å². The molecular formula is C12H15O6P. The van der Waals surface area contributed by atoms with E-state index in [1.54, 1.807) is 0 Å². The average Bonchev–Trinajstić information content (AvgIpc) is 2.29. The maximum atomic E-state index is 11.1. The molecule has 0 aromatic rings. The number of hydrogen-bond donors (Lipinski definition) is 3. The summed E-state index contributed by atoms with van der Waals surface area (Å²) in [6.07, 6.45) is 3.15. The molecule has 0 rings (SSSR count). The van der Waals surface area contributed by atoms with Crippen LogP contribution in [0, 0.1) is 0 Å². The van der Waals surface area contributed by atoms with Crippen molar-refractivity contribution in [1.29, 1.82) is 0 Å². The van der Waals surface area contributed by atoms with Gasteiger partial charge in [0, 0.05) is 0 Å². The maximum absolute atomic E-state index is 11.1. The summed E-state index contributed by atoms with van der Waals surface area (Å²) >= 11 is 0. The van der Waals surface area contributed by atoms with Gasteiger partial charge in [0.1, 0.15) is 0 Å². The highest BCUT2D eigenvalue weighted by Gasteiger charge is 2.41. The summed E-state index contributed by atoms with van der Waals surface area (Å²) in [4.78, 5) is 33.4. The lowest BCUT2D eigenvalue weighted by Crippen LogP contribution is -2.33. The molecule has 0 heterocycles. The van der Waals surface area contributed by atoms with E-state index >= 15 is 0 Å². The number of aliphatic carboxylic acids is 3. The van der Waals surface area contributed by atoms with E-state index in [9.17, 15) is 14.4 Å². The zero-order valence-corrected chi connectivity index (χ0v) is 11.0. The standard InChI is InChI=1S/C12H15O6P/c1-4-7(10(13)14)19(8(5-2)11(15)16)9(6-3)12(17)18/h4-9H,1-3H2,(H,13,14)(H,15,16)(H,17,18). The molecule has 0 aliphatic heterocycles. The summed E-state index contributed by atoms with van der Waals surface area (Å²) < 4.78 is 0. The minimum Gasteiger partial charge on any atom is -0.481 e. The summed E-state index contributed by atoms with van der Waals surface area (Å²) in [5.74, 6) is -3.95. The van der Waals surface area contributed by atoms with Gasteiger partial charge in [-0.15, -0.1) is 19.7 Å². The molecule has 0 aromatic heterocycles. The maximum Gasteiger partial charge on any atom is 0.314 e. The van der Waals surface area contributed by atoms with Gasteiger partial charge in [-0.25, -0.2) is 0 Å². The summed E-state index contributed by atoms with van der Waals surface area (Å²) in [5.41, 5.74) is -3.81. The number of rotatable bonds is 9.